The molecule has 0 heterocycles. The van der Waals surface area contributed by atoms with Crippen molar-refractivity contribution in [1.29, 1.82) is 0 Å². The van der Waals surface area contributed by atoms with Gasteiger partial charge in [0.1, 0.15) is 12.1 Å². The molecule has 4 N–H and O–H groups in total. The molecule has 13 heteroatoms. The molecule has 39 heavy (non-hydrogen) atoms. The number of carbonyl (C=O) groups is 5. The Morgan fingerprint density at radius 2 is 1.31 bits per heavy atom. The van der Waals surface area contributed by atoms with Crippen molar-refractivity contribution in [2.24, 2.45) is 4.99 Å². The largest absolute Gasteiger partial charge is 2.00 e. The fraction of sp³-hybridized carbons (Fsp3) is 0.615. The van der Waals surface area contributed by atoms with Crippen molar-refractivity contribution >= 4 is 73.4 Å². The summed E-state index contributed by atoms with van der Waals surface area (Å²) in [7, 11) is 0. The zero-order chi connectivity index (χ0) is 29.3. The van der Waals surface area contributed by atoms with Crippen LogP contribution in [0.3, 0.4) is 0 Å². The fourth-order valence-corrected chi connectivity index (χ4v) is 2.95. The van der Waals surface area contributed by atoms with Gasteiger partial charge in [-0.3, -0.25) is 14.6 Å². The molecule has 0 saturated heterocycles. The van der Waals surface area contributed by atoms with Gasteiger partial charge in [-0.05, 0) is 84.0 Å². The van der Waals surface area contributed by atoms with E-state index in [4.69, 9.17) is 15.3 Å². The number of carboxylic acid groups (broad SMARTS) is 4. The first-order valence-electron chi connectivity index (χ1n) is 12.6. The van der Waals surface area contributed by atoms with Crippen molar-refractivity contribution in [1.82, 2.24) is 5.32 Å². The molecule has 0 aliphatic rings. The van der Waals surface area contributed by atoms with Crippen LogP contribution in [-0.4, -0.2) is 101 Å². The summed E-state index contributed by atoms with van der Waals surface area (Å²) in [6.07, 6.45) is 12.1. The Balaban J connectivity index is -0.000000648. The quantitative estimate of drug-likeness (QED) is 0.0527. The van der Waals surface area contributed by atoms with Crippen molar-refractivity contribution in [3.8, 4) is 0 Å². The number of nitrogens with one attached hydrogen (secondary N) is 1. The van der Waals surface area contributed by atoms with E-state index in [1.165, 1.54) is 0 Å². The number of aliphatic carboxylic acids is 4. The van der Waals surface area contributed by atoms with Crippen LogP contribution in [0.2, 0.25) is 0 Å². The third-order valence-corrected chi connectivity index (χ3v) is 4.99. The summed E-state index contributed by atoms with van der Waals surface area (Å²) >= 11 is 0. The summed E-state index contributed by atoms with van der Waals surface area (Å²) in [6.45, 7) is 3.84. The van der Waals surface area contributed by atoms with Gasteiger partial charge in [0.25, 0.3) is 0 Å². The van der Waals surface area contributed by atoms with Gasteiger partial charge in [-0.2, -0.15) is 0 Å². The Hall–Kier alpha value is -2.44. The normalized spacial score (nSPS) is 12.6. The first kappa shape index (κ1) is 41.0. The van der Waals surface area contributed by atoms with Crippen LogP contribution in [0.5, 0.6) is 0 Å². The van der Waals surface area contributed by atoms with E-state index in [0.29, 0.717) is 12.8 Å². The number of hydrogen-bond donors (Lipinski definition) is 4. The molecule has 0 aromatic heterocycles. The van der Waals surface area contributed by atoms with Gasteiger partial charge < -0.3 is 35.6 Å². The van der Waals surface area contributed by atoms with E-state index in [1.807, 2.05) is 38.2 Å². The van der Waals surface area contributed by atoms with Crippen LogP contribution in [0.1, 0.15) is 90.9 Å². The molecule has 0 bridgehead atoms. The summed E-state index contributed by atoms with van der Waals surface area (Å²) in [5.41, 5.74) is 0. The van der Waals surface area contributed by atoms with E-state index in [2.05, 4.69) is 10.3 Å². The third-order valence-electron chi connectivity index (χ3n) is 4.99. The number of unbranched alkanes of at least 4 members (excludes halogenated alkanes) is 4. The van der Waals surface area contributed by atoms with Crippen molar-refractivity contribution < 1.29 is 49.5 Å². The first-order chi connectivity index (χ1) is 17.9. The maximum atomic E-state index is 11.5. The van der Waals surface area contributed by atoms with Crippen LogP contribution >= 0.6 is 0 Å². The molecule has 0 radical (unpaired) electrons. The summed E-state index contributed by atoms with van der Waals surface area (Å²) in [4.78, 5) is 57.3. The van der Waals surface area contributed by atoms with Crippen molar-refractivity contribution in [3.05, 3.63) is 24.3 Å². The maximum absolute atomic E-state index is 11.5. The smallest absolute Gasteiger partial charge is 0.862 e. The van der Waals surface area contributed by atoms with Gasteiger partial charge in [0.15, 0.2) is 0 Å². The van der Waals surface area contributed by atoms with Gasteiger partial charge >= 0.3 is 55.6 Å². The Labute approximate surface area is 259 Å². The number of carbonyl (C=O) groups excluding carboxylic acids is 2. The van der Waals surface area contributed by atoms with Gasteiger partial charge in [-0.1, -0.05) is 24.3 Å². The molecule has 0 aliphatic heterocycles. The molecule has 0 aromatic rings. The van der Waals surface area contributed by atoms with E-state index < -0.39 is 48.3 Å². The van der Waals surface area contributed by atoms with Crippen LogP contribution in [0.25, 0.3) is 0 Å². The minimum absolute atomic E-state index is 0. The average Bonchev–Trinajstić information content (AvgIpc) is 2.83. The van der Waals surface area contributed by atoms with E-state index in [-0.39, 0.29) is 75.7 Å². The molecule has 0 saturated carbocycles. The van der Waals surface area contributed by atoms with Crippen LogP contribution in [0.4, 0.5) is 0 Å². The minimum atomic E-state index is -1.35. The number of nitrogens with zero attached hydrogens (tertiary/aromatic N) is 1. The fourth-order valence-electron chi connectivity index (χ4n) is 2.95. The molecule has 0 aliphatic carbocycles. The summed E-state index contributed by atoms with van der Waals surface area (Å²) in [5.74, 6) is -5.76. The van der Waals surface area contributed by atoms with Gasteiger partial charge in [-0.25, -0.2) is 9.59 Å². The van der Waals surface area contributed by atoms with Crippen LogP contribution in [-0.2, 0) is 24.0 Å². The van der Waals surface area contributed by atoms with E-state index in [1.54, 1.807) is 0 Å². The number of allylic oxidation sites excluding steroid dienone is 4. The van der Waals surface area contributed by atoms with E-state index >= 15 is 0 Å². The van der Waals surface area contributed by atoms with Crippen LogP contribution < -0.4 is 15.5 Å². The maximum Gasteiger partial charge on any atom is 2.00 e. The monoisotopic (exact) mass is 580 g/mol. The number of carboxylic acids is 4. The summed E-state index contributed by atoms with van der Waals surface area (Å²) in [5, 5.41) is 50.2. The van der Waals surface area contributed by atoms with Crippen molar-refractivity contribution in [3.63, 3.8) is 0 Å². The third kappa shape index (κ3) is 28.4. The molecular weight excluding hydrogens is 540 g/mol. The molecule has 2 atom stereocenters. The SMILES string of the molecule is C/C=C/CCCCC(=O)N[C@@H](CCC(=O)O)C(=O)O.C/C=C/CCCCC([O-])=N[C@@H](CCC(=O)[O-])C(=O)O.[Ca+2]. The number of hydrogen-bond acceptors (Lipinski definition) is 8. The zero-order valence-electron chi connectivity index (χ0n) is 22.8. The van der Waals surface area contributed by atoms with Gasteiger partial charge in [0.05, 0.1) is 0 Å². The Kier molecular flexibility index (Phi) is 28.6. The molecule has 1 amide bonds. The van der Waals surface area contributed by atoms with Gasteiger partial charge in [0.2, 0.25) is 5.91 Å². The van der Waals surface area contributed by atoms with Crippen LogP contribution in [0.15, 0.2) is 29.3 Å². The predicted octanol–water partition coefficient (Wildman–Crippen LogP) is 1.04. The van der Waals surface area contributed by atoms with Crippen LogP contribution in [0, 0.1) is 0 Å². The molecule has 0 spiro atoms. The second kappa shape index (κ2) is 27.1. The number of aliphatic imine (C=N–C) groups is 1. The standard InChI is InChI=1S/2C13H21NO5.Ca/c2*1-2-3-4-5-6-7-11(15)14-10(13(18)19)8-9-12(16)17;/h2*2-3,10H,4-9H2,1H3,(H,14,15)(H,16,17)(H,18,19);/q;;+2/p-2/b2*3-2+;/t2*10-;/m00./s1. The Bertz CT molecular complexity index is 828. The molecule has 0 aromatic carbocycles. The molecule has 0 rings (SSSR count). The molecule has 12 nitrogen and oxygen atoms in total. The molecular formula is C26H40CaN2O10. The van der Waals surface area contributed by atoms with Gasteiger partial charge in [0, 0.05) is 18.8 Å². The number of rotatable bonds is 20. The summed E-state index contributed by atoms with van der Waals surface area (Å²) in [6, 6.07) is -2.42. The van der Waals surface area contributed by atoms with Gasteiger partial charge in [-0.15, -0.1) is 0 Å². The van der Waals surface area contributed by atoms with E-state index in [0.717, 1.165) is 25.7 Å². The topological polar surface area (TPSA) is 217 Å². The van der Waals surface area contributed by atoms with Crippen molar-refractivity contribution in [2.45, 2.75) is 103 Å². The van der Waals surface area contributed by atoms with E-state index in [9.17, 15) is 34.2 Å². The molecule has 0 unspecified atom stereocenters. The predicted molar refractivity (Wildman–Crippen MR) is 142 cm³/mol. The second-order valence-corrected chi connectivity index (χ2v) is 8.31. The summed E-state index contributed by atoms with van der Waals surface area (Å²) < 4.78 is 0. The molecule has 216 valence electrons. The average molecular weight is 581 g/mol. The van der Waals surface area contributed by atoms with Crippen molar-refractivity contribution in [2.75, 3.05) is 0 Å². The zero-order valence-corrected chi connectivity index (χ0v) is 25.0. The second-order valence-electron chi connectivity index (χ2n) is 8.31. The minimum Gasteiger partial charge on any atom is -0.862 e. The number of amides is 1. The molecule has 0 fully saturated rings. The Morgan fingerprint density at radius 1 is 0.769 bits per heavy atom. The Morgan fingerprint density at radius 3 is 1.74 bits per heavy atom. The first-order valence-corrected chi connectivity index (χ1v) is 12.6.